The molecule has 4 aromatic rings. The molecule has 182 valence electrons. The van der Waals surface area contributed by atoms with Gasteiger partial charge >= 0.3 is 12.4 Å². The highest BCUT2D eigenvalue weighted by molar-refractivity contribution is 5.93. The van der Waals surface area contributed by atoms with Gasteiger partial charge in [-0.15, -0.1) is 0 Å². The molecule has 0 saturated heterocycles. The number of rotatable bonds is 5. The Kier molecular flexibility index (Phi) is 6.30. The van der Waals surface area contributed by atoms with E-state index in [1.54, 1.807) is 0 Å². The number of aliphatic hydroxyl groups excluding tert-OH is 2. The summed E-state index contributed by atoms with van der Waals surface area (Å²) in [4.78, 5) is 15.7. The maximum atomic E-state index is 13.7. The Morgan fingerprint density at radius 1 is 0.857 bits per heavy atom. The molecule has 3 heterocycles. The maximum Gasteiger partial charge on any atom is 0.418 e. The average Bonchev–Trinajstić information content (AvgIpc) is 2.82. The third kappa shape index (κ3) is 5.15. The van der Waals surface area contributed by atoms with E-state index in [9.17, 15) is 31.4 Å². The molecule has 0 fully saturated rings. The molecule has 0 bridgehead atoms. The number of anilines is 2. The predicted octanol–water partition coefficient (Wildman–Crippen LogP) is 4.89. The Hall–Kier alpha value is -3.84. The van der Waals surface area contributed by atoms with Crippen LogP contribution >= 0.6 is 0 Å². The van der Waals surface area contributed by atoms with Gasteiger partial charge in [-0.2, -0.15) is 26.3 Å². The van der Waals surface area contributed by atoms with Crippen LogP contribution in [0.25, 0.3) is 22.2 Å². The minimum absolute atomic E-state index is 0.0705. The van der Waals surface area contributed by atoms with E-state index in [4.69, 9.17) is 5.11 Å². The van der Waals surface area contributed by atoms with Gasteiger partial charge in [0.05, 0.1) is 28.9 Å². The summed E-state index contributed by atoms with van der Waals surface area (Å²) >= 11 is 0. The monoisotopic (exact) mass is 495 g/mol. The smallest absolute Gasteiger partial charge is 0.393 e. The standard InChI is InChI=1S/C22H15F6N5O2/c23-21(24,25)13-2-4-18(29-8-13)33-20-14-3-1-11(6-16(14)31-10-32-20)19-15(22(26,27)28)5-12(7-30-19)17(35)9-34/h1-8,10,17,34-35H,9H2,(H,29,31,32,33). The van der Waals surface area contributed by atoms with E-state index >= 15 is 0 Å². The van der Waals surface area contributed by atoms with Crippen LogP contribution < -0.4 is 5.32 Å². The molecule has 35 heavy (non-hydrogen) atoms. The molecule has 0 saturated carbocycles. The fourth-order valence-corrected chi connectivity index (χ4v) is 3.28. The molecule has 4 rings (SSSR count). The molecule has 1 aromatic carbocycles. The zero-order valence-corrected chi connectivity index (χ0v) is 17.4. The summed E-state index contributed by atoms with van der Waals surface area (Å²) in [5.41, 5.74) is -2.32. The van der Waals surface area contributed by atoms with E-state index in [0.29, 0.717) is 11.6 Å². The van der Waals surface area contributed by atoms with Gasteiger partial charge < -0.3 is 15.5 Å². The molecule has 7 nitrogen and oxygen atoms in total. The Balaban J connectivity index is 1.72. The number of halogens is 6. The van der Waals surface area contributed by atoms with Gasteiger partial charge in [0.15, 0.2) is 0 Å². The predicted molar refractivity (Wildman–Crippen MR) is 112 cm³/mol. The molecular formula is C22H15F6N5O2. The van der Waals surface area contributed by atoms with Gasteiger partial charge in [0.1, 0.15) is 24.1 Å². The number of aliphatic hydroxyl groups is 2. The highest BCUT2D eigenvalue weighted by Gasteiger charge is 2.35. The first-order valence-corrected chi connectivity index (χ1v) is 9.89. The lowest BCUT2D eigenvalue weighted by atomic mass is 10.0. The second-order valence-corrected chi connectivity index (χ2v) is 7.37. The number of nitrogens with one attached hydrogen (secondary N) is 1. The molecule has 0 aliphatic carbocycles. The molecule has 3 N–H and O–H groups in total. The van der Waals surface area contributed by atoms with Crippen molar-refractivity contribution < 1.29 is 36.6 Å². The Bertz CT molecular complexity index is 1360. The number of hydrogen-bond acceptors (Lipinski definition) is 7. The molecule has 1 unspecified atom stereocenters. The quantitative estimate of drug-likeness (QED) is 0.339. The van der Waals surface area contributed by atoms with Crippen LogP contribution in [0.5, 0.6) is 0 Å². The summed E-state index contributed by atoms with van der Waals surface area (Å²) in [6, 6.07) is 6.83. The van der Waals surface area contributed by atoms with Crippen molar-refractivity contribution >= 4 is 22.5 Å². The molecular weight excluding hydrogens is 480 g/mol. The van der Waals surface area contributed by atoms with Crippen molar-refractivity contribution in [2.45, 2.75) is 18.5 Å². The zero-order chi connectivity index (χ0) is 25.4. The van der Waals surface area contributed by atoms with Gasteiger partial charge in [-0.25, -0.2) is 15.0 Å². The number of alkyl halides is 6. The molecule has 1 atom stereocenters. The molecule has 0 amide bonds. The van der Waals surface area contributed by atoms with Crippen molar-refractivity contribution in [3.05, 3.63) is 71.8 Å². The highest BCUT2D eigenvalue weighted by atomic mass is 19.4. The van der Waals surface area contributed by atoms with Crippen LogP contribution in [0.3, 0.4) is 0 Å². The SMILES string of the molecule is OCC(O)c1cnc(-c2ccc3c(Nc4ccc(C(F)(F)F)cn4)ncnc3c2)c(C(F)(F)F)c1. The van der Waals surface area contributed by atoms with Crippen molar-refractivity contribution in [2.75, 3.05) is 11.9 Å². The number of aromatic nitrogens is 4. The van der Waals surface area contributed by atoms with Crippen LogP contribution in [-0.2, 0) is 12.4 Å². The van der Waals surface area contributed by atoms with Gasteiger partial charge in [-0.1, -0.05) is 6.07 Å². The molecule has 0 radical (unpaired) electrons. The van der Waals surface area contributed by atoms with E-state index in [2.05, 4.69) is 25.3 Å². The highest BCUT2D eigenvalue weighted by Crippen LogP contribution is 2.38. The first kappa shape index (κ1) is 24.3. The van der Waals surface area contributed by atoms with Crippen LogP contribution in [0.4, 0.5) is 38.0 Å². The van der Waals surface area contributed by atoms with Crippen molar-refractivity contribution in [3.63, 3.8) is 0 Å². The molecule has 13 heteroatoms. The lowest BCUT2D eigenvalue weighted by Crippen LogP contribution is -2.12. The lowest BCUT2D eigenvalue weighted by molar-refractivity contribution is -0.138. The van der Waals surface area contributed by atoms with Gasteiger partial charge in [-0.3, -0.25) is 4.98 Å². The van der Waals surface area contributed by atoms with Crippen LogP contribution in [0.1, 0.15) is 22.8 Å². The zero-order valence-electron chi connectivity index (χ0n) is 17.4. The van der Waals surface area contributed by atoms with Gasteiger partial charge in [0.25, 0.3) is 0 Å². The second kappa shape index (κ2) is 9.07. The maximum absolute atomic E-state index is 13.7. The Morgan fingerprint density at radius 2 is 1.63 bits per heavy atom. The Morgan fingerprint density at radius 3 is 2.26 bits per heavy atom. The summed E-state index contributed by atoms with van der Waals surface area (Å²) in [6.45, 7) is -0.769. The largest absolute Gasteiger partial charge is 0.418 e. The summed E-state index contributed by atoms with van der Waals surface area (Å²) in [7, 11) is 0. The summed E-state index contributed by atoms with van der Waals surface area (Å²) < 4.78 is 79.3. The third-order valence-corrected chi connectivity index (χ3v) is 5.02. The fraction of sp³-hybridized carbons (Fsp3) is 0.182. The molecule has 0 aliphatic heterocycles. The first-order valence-electron chi connectivity index (χ1n) is 9.89. The summed E-state index contributed by atoms with van der Waals surface area (Å²) in [5.74, 6) is 0.250. The lowest BCUT2D eigenvalue weighted by Gasteiger charge is -2.16. The van der Waals surface area contributed by atoms with E-state index < -0.39 is 41.9 Å². The van der Waals surface area contributed by atoms with Crippen LogP contribution in [-0.4, -0.2) is 36.8 Å². The van der Waals surface area contributed by atoms with Crippen molar-refractivity contribution in [1.29, 1.82) is 0 Å². The van der Waals surface area contributed by atoms with E-state index in [1.807, 2.05) is 0 Å². The molecule has 3 aromatic heterocycles. The number of nitrogens with zero attached hydrogens (tertiary/aromatic N) is 4. The fourth-order valence-electron chi connectivity index (χ4n) is 3.28. The van der Waals surface area contributed by atoms with Crippen LogP contribution in [0, 0.1) is 0 Å². The number of fused-ring (bicyclic) bond motifs is 1. The van der Waals surface area contributed by atoms with Gasteiger partial charge in [0, 0.05) is 28.9 Å². The second-order valence-electron chi connectivity index (χ2n) is 7.37. The van der Waals surface area contributed by atoms with Gasteiger partial charge in [0.2, 0.25) is 0 Å². The topological polar surface area (TPSA) is 104 Å². The van der Waals surface area contributed by atoms with Crippen LogP contribution in [0.2, 0.25) is 0 Å². The normalized spacial score (nSPS) is 13.1. The first-order chi connectivity index (χ1) is 16.5. The molecule has 0 aliphatic rings. The van der Waals surface area contributed by atoms with Crippen molar-refractivity contribution in [1.82, 2.24) is 19.9 Å². The van der Waals surface area contributed by atoms with E-state index in [0.717, 1.165) is 30.7 Å². The van der Waals surface area contributed by atoms with Gasteiger partial charge in [-0.05, 0) is 30.3 Å². The Labute approximate surface area is 193 Å². The summed E-state index contributed by atoms with van der Waals surface area (Å²) in [6.07, 6.45) is -8.02. The molecule has 0 spiro atoms. The van der Waals surface area contributed by atoms with E-state index in [1.165, 1.54) is 18.2 Å². The number of pyridine rings is 2. The summed E-state index contributed by atoms with van der Waals surface area (Å²) in [5, 5.41) is 21.9. The number of hydrogen-bond donors (Lipinski definition) is 3. The van der Waals surface area contributed by atoms with Crippen molar-refractivity contribution in [3.8, 4) is 11.3 Å². The number of benzene rings is 1. The minimum atomic E-state index is -4.80. The van der Waals surface area contributed by atoms with E-state index in [-0.39, 0.29) is 28.3 Å². The van der Waals surface area contributed by atoms with Crippen molar-refractivity contribution in [2.24, 2.45) is 0 Å². The third-order valence-electron chi connectivity index (χ3n) is 5.02. The minimum Gasteiger partial charge on any atom is -0.393 e. The van der Waals surface area contributed by atoms with Crippen LogP contribution in [0.15, 0.2) is 55.1 Å². The average molecular weight is 495 g/mol.